The summed E-state index contributed by atoms with van der Waals surface area (Å²) in [5, 5.41) is 10.2. The van der Waals surface area contributed by atoms with Crippen molar-refractivity contribution in [1.82, 2.24) is 4.98 Å². The minimum absolute atomic E-state index is 0.338. The molecule has 3 nitrogen and oxygen atoms in total. The molecular formula is C14H11Cl2NO2. The van der Waals surface area contributed by atoms with E-state index in [0.717, 1.165) is 5.56 Å². The van der Waals surface area contributed by atoms with Gasteiger partial charge in [-0.3, -0.25) is 9.78 Å². The van der Waals surface area contributed by atoms with Gasteiger partial charge in [-0.05, 0) is 35.7 Å². The van der Waals surface area contributed by atoms with Crippen molar-refractivity contribution < 1.29 is 9.90 Å². The van der Waals surface area contributed by atoms with Gasteiger partial charge in [0.1, 0.15) is 0 Å². The molecule has 1 atom stereocenters. The summed E-state index contributed by atoms with van der Waals surface area (Å²) in [4.78, 5) is 15.4. The van der Waals surface area contributed by atoms with Crippen LogP contribution in [0.2, 0.25) is 10.0 Å². The fraction of sp³-hybridized carbons (Fsp3) is 0.143. The van der Waals surface area contributed by atoms with E-state index >= 15 is 0 Å². The second-order valence-corrected chi connectivity index (χ2v) is 4.97. The quantitative estimate of drug-likeness (QED) is 0.933. The van der Waals surface area contributed by atoms with Crippen molar-refractivity contribution in [1.29, 1.82) is 0 Å². The largest absolute Gasteiger partial charge is 0.481 e. The highest BCUT2D eigenvalue weighted by atomic mass is 35.5. The first-order valence-corrected chi connectivity index (χ1v) is 6.40. The van der Waals surface area contributed by atoms with E-state index in [1.165, 1.54) is 0 Å². The summed E-state index contributed by atoms with van der Waals surface area (Å²) in [6.45, 7) is 0. The molecule has 19 heavy (non-hydrogen) atoms. The van der Waals surface area contributed by atoms with E-state index in [0.29, 0.717) is 22.0 Å². The number of benzene rings is 1. The maximum Gasteiger partial charge on any atom is 0.311 e. The minimum Gasteiger partial charge on any atom is -0.481 e. The van der Waals surface area contributed by atoms with Crippen LogP contribution in [0.4, 0.5) is 0 Å². The minimum atomic E-state index is -0.923. The highest BCUT2D eigenvalue weighted by molar-refractivity contribution is 6.35. The van der Waals surface area contributed by atoms with Crippen LogP contribution < -0.4 is 0 Å². The molecule has 1 aromatic carbocycles. The van der Waals surface area contributed by atoms with E-state index in [1.807, 2.05) is 6.07 Å². The molecule has 0 saturated carbocycles. The highest BCUT2D eigenvalue weighted by Crippen LogP contribution is 2.30. The number of hydrogen-bond acceptors (Lipinski definition) is 2. The lowest BCUT2D eigenvalue weighted by atomic mass is 9.92. The Hall–Kier alpha value is -1.58. The van der Waals surface area contributed by atoms with E-state index in [4.69, 9.17) is 23.2 Å². The molecule has 0 amide bonds. The average Bonchev–Trinajstić information content (AvgIpc) is 2.38. The number of hydrogen-bond donors (Lipinski definition) is 1. The Morgan fingerprint density at radius 2 is 2.11 bits per heavy atom. The van der Waals surface area contributed by atoms with Crippen molar-refractivity contribution in [2.45, 2.75) is 12.3 Å². The second-order valence-electron chi connectivity index (χ2n) is 4.12. The normalized spacial score (nSPS) is 12.1. The van der Waals surface area contributed by atoms with Crippen molar-refractivity contribution in [2.75, 3.05) is 0 Å². The van der Waals surface area contributed by atoms with Gasteiger partial charge >= 0.3 is 5.97 Å². The molecule has 98 valence electrons. The molecule has 0 saturated heterocycles. The van der Waals surface area contributed by atoms with Gasteiger partial charge in [0, 0.05) is 22.4 Å². The monoisotopic (exact) mass is 295 g/mol. The van der Waals surface area contributed by atoms with Gasteiger partial charge in [-0.1, -0.05) is 35.3 Å². The van der Waals surface area contributed by atoms with Gasteiger partial charge in [0.2, 0.25) is 0 Å². The maximum absolute atomic E-state index is 11.4. The Balaban J connectivity index is 2.33. The second kappa shape index (κ2) is 6.04. The lowest BCUT2D eigenvalue weighted by molar-refractivity contribution is -0.138. The van der Waals surface area contributed by atoms with Crippen molar-refractivity contribution in [2.24, 2.45) is 0 Å². The molecule has 5 heteroatoms. The molecule has 2 rings (SSSR count). The predicted molar refractivity (Wildman–Crippen MR) is 74.8 cm³/mol. The zero-order valence-electron chi connectivity index (χ0n) is 9.88. The number of aliphatic carboxylic acids is 1. The van der Waals surface area contributed by atoms with Crippen LogP contribution in [0.25, 0.3) is 0 Å². The first-order chi connectivity index (χ1) is 9.08. The molecule has 0 aliphatic rings. The number of carboxylic acids is 1. The van der Waals surface area contributed by atoms with E-state index in [1.54, 1.807) is 36.7 Å². The SMILES string of the molecule is O=C(O)C(Cc1cccnc1)c1ccc(Cl)cc1Cl. The standard InChI is InChI=1S/C14H11Cl2NO2/c15-10-3-4-11(13(16)7-10)12(14(18)19)6-9-2-1-5-17-8-9/h1-5,7-8,12H,6H2,(H,18,19). The fourth-order valence-corrected chi connectivity index (χ4v) is 2.41. The van der Waals surface area contributed by atoms with Crippen molar-refractivity contribution in [3.63, 3.8) is 0 Å². The maximum atomic E-state index is 11.4. The predicted octanol–water partition coefficient (Wildman–Crippen LogP) is 3.80. The molecule has 1 unspecified atom stereocenters. The molecule has 0 aliphatic heterocycles. The summed E-state index contributed by atoms with van der Waals surface area (Å²) in [5.74, 6) is -1.64. The molecule has 0 spiro atoms. The summed E-state index contributed by atoms with van der Waals surface area (Å²) in [6, 6.07) is 8.46. The molecule has 0 fully saturated rings. The third-order valence-corrected chi connectivity index (χ3v) is 3.36. The third kappa shape index (κ3) is 3.46. The Kier molecular flexibility index (Phi) is 4.40. The molecule has 0 radical (unpaired) electrons. The van der Waals surface area contributed by atoms with Crippen LogP contribution in [0.5, 0.6) is 0 Å². The number of aromatic nitrogens is 1. The van der Waals surface area contributed by atoms with Crippen LogP contribution in [0.15, 0.2) is 42.7 Å². The molecule has 1 N–H and O–H groups in total. The molecular weight excluding hydrogens is 285 g/mol. The first kappa shape index (κ1) is 13.8. The van der Waals surface area contributed by atoms with E-state index in [2.05, 4.69) is 4.98 Å². The van der Waals surface area contributed by atoms with Crippen LogP contribution in [-0.2, 0) is 11.2 Å². The van der Waals surface area contributed by atoms with Gasteiger partial charge in [-0.25, -0.2) is 0 Å². The lowest BCUT2D eigenvalue weighted by Gasteiger charge is -2.14. The topological polar surface area (TPSA) is 50.2 Å². The lowest BCUT2D eigenvalue weighted by Crippen LogP contribution is -2.15. The van der Waals surface area contributed by atoms with Crippen LogP contribution in [-0.4, -0.2) is 16.1 Å². The van der Waals surface area contributed by atoms with Gasteiger partial charge in [-0.2, -0.15) is 0 Å². The van der Waals surface area contributed by atoms with E-state index in [9.17, 15) is 9.90 Å². The third-order valence-electron chi connectivity index (χ3n) is 2.80. The van der Waals surface area contributed by atoms with Gasteiger partial charge in [0.25, 0.3) is 0 Å². The highest BCUT2D eigenvalue weighted by Gasteiger charge is 2.23. The van der Waals surface area contributed by atoms with E-state index in [-0.39, 0.29) is 0 Å². The van der Waals surface area contributed by atoms with Crippen molar-refractivity contribution >= 4 is 29.2 Å². The molecule has 2 aromatic rings. The number of carbonyl (C=O) groups is 1. The van der Waals surface area contributed by atoms with Crippen LogP contribution in [0.3, 0.4) is 0 Å². The summed E-state index contributed by atoms with van der Waals surface area (Å²) >= 11 is 11.9. The summed E-state index contributed by atoms with van der Waals surface area (Å²) in [5.41, 5.74) is 1.41. The van der Waals surface area contributed by atoms with Crippen molar-refractivity contribution in [3.8, 4) is 0 Å². The van der Waals surface area contributed by atoms with Gasteiger partial charge < -0.3 is 5.11 Å². The molecule has 0 aliphatic carbocycles. The summed E-state index contributed by atoms with van der Waals surface area (Å²) < 4.78 is 0. The fourth-order valence-electron chi connectivity index (χ4n) is 1.87. The van der Waals surface area contributed by atoms with Gasteiger partial charge in [0.15, 0.2) is 0 Å². The molecule has 1 aromatic heterocycles. The first-order valence-electron chi connectivity index (χ1n) is 5.64. The zero-order chi connectivity index (χ0) is 13.8. The van der Waals surface area contributed by atoms with Crippen molar-refractivity contribution in [3.05, 3.63) is 63.9 Å². The number of halogens is 2. The summed E-state index contributed by atoms with van der Waals surface area (Å²) in [6.07, 6.45) is 3.64. The summed E-state index contributed by atoms with van der Waals surface area (Å²) in [7, 11) is 0. The smallest absolute Gasteiger partial charge is 0.311 e. The number of nitrogens with zero attached hydrogens (tertiary/aromatic N) is 1. The number of rotatable bonds is 4. The Morgan fingerprint density at radius 3 is 2.68 bits per heavy atom. The Morgan fingerprint density at radius 1 is 1.32 bits per heavy atom. The average molecular weight is 296 g/mol. The van der Waals surface area contributed by atoms with Crippen LogP contribution in [0.1, 0.15) is 17.0 Å². The molecule has 0 bridgehead atoms. The van der Waals surface area contributed by atoms with Crippen LogP contribution in [0, 0.1) is 0 Å². The van der Waals surface area contributed by atoms with E-state index < -0.39 is 11.9 Å². The van der Waals surface area contributed by atoms with Gasteiger partial charge in [0.05, 0.1) is 5.92 Å². The Bertz CT molecular complexity index is 587. The van der Waals surface area contributed by atoms with Gasteiger partial charge in [-0.15, -0.1) is 0 Å². The number of pyridine rings is 1. The Labute approximate surface area is 120 Å². The molecule has 1 heterocycles. The number of carboxylic acid groups (broad SMARTS) is 1. The van der Waals surface area contributed by atoms with Crippen LogP contribution >= 0.6 is 23.2 Å². The zero-order valence-corrected chi connectivity index (χ0v) is 11.4.